The summed E-state index contributed by atoms with van der Waals surface area (Å²) in [5.41, 5.74) is 0.792. The van der Waals surface area contributed by atoms with Gasteiger partial charge in [-0.15, -0.1) is 0 Å². The van der Waals surface area contributed by atoms with Crippen molar-refractivity contribution in [1.82, 2.24) is 10.0 Å². The third-order valence-electron chi connectivity index (χ3n) is 2.98. The zero-order valence-corrected chi connectivity index (χ0v) is 12.8. The van der Waals surface area contributed by atoms with E-state index in [-0.39, 0.29) is 6.04 Å². The monoisotopic (exact) mass is 284 g/mol. The second-order valence-electron chi connectivity index (χ2n) is 4.80. The highest BCUT2D eigenvalue weighted by atomic mass is 32.2. The molecule has 0 heterocycles. The molecule has 0 aliphatic heterocycles. The minimum atomic E-state index is -3.43. The first-order valence-electron chi connectivity index (χ1n) is 6.76. The average molecular weight is 284 g/mol. The first-order valence-corrected chi connectivity index (χ1v) is 8.24. The summed E-state index contributed by atoms with van der Waals surface area (Å²) in [6.45, 7) is 4.55. The molecule has 0 fully saturated rings. The third kappa shape index (κ3) is 4.93. The van der Waals surface area contributed by atoms with Crippen LogP contribution < -0.4 is 10.0 Å². The van der Waals surface area contributed by atoms with Crippen molar-refractivity contribution in [2.45, 2.75) is 50.6 Å². The fraction of sp³-hybridized carbons (Fsp3) is 0.571. The lowest BCUT2D eigenvalue weighted by Crippen LogP contribution is -2.33. The van der Waals surface area contributed by atoms with Gasteiger partial charge in [0.2, 0.25) is 10.0 Å². The molecule has 0 aliphatic rings. The van der Waals surface area contributed by atoms with Gasteiger partial charge in [-0.2, -0.15) is 0 Å². The first-order chi connectivity index (χ1) is 9.01. The van der Waals surface area contributed by atoms with E-state index in [9.17, 15) is 8.42 Å². The Morgan fingerprint density at radius 3 is 2.58 bits per heavy atom. The Hall–Kier alpha value is -0.910. The van der Waals surface area contributed by atoms with Crippen LogP contribution in [0.5, 0.6) is 0 Å². The smallest absolute Gasteiger partial charge is 0.241 e. The number of sulfonamides is 1. The summed E-state index contributed by atoms with van der Waals surface area (Å²) < 4.78 is 27.5. The summed E-state index contributed by atoms with van der Waals surface area (Å²) in [6, 6.07) is 7.06. The predicted molar refractivity (Wildman–Crippen MR) is 78.5 cm³/mol. The van der Waals surface area contributed by atoms with Crippen LogP contribution in [0.3, 0.4) is 0 Å². The van der Waals surface area contributed by atoms with Gasteiger partial charge < -0.3 is 5.32 Å². The molecule has 1 atom stereocenters. The normalized spacial score (nSPS) is 13.4. The van der Waals surface area contributed by atoms with Gasteiger partial charge in [-0.05, 0) is 32.0 Å². The van der Waals surface area contributed by atoms with Crippen LogP contribution in [0.2, 0.25) is 0 Å². The molecule has 2 N–H and O–H groups in total. The van der Waals surface area contributed by atoms with Crippen molar-refractivity contribution in [3.05, 3.63) is 29.8 Å². The fourth-order valence-electron chi connectivity index (χ4n) is 2.00. The van der Waals surface area contributed by atoms with Gasteiger partial charge in [0, 0.05) is 12.6 Å². The van der Waals surface area contributed by atoms with Gasteiger partial charge in [-0.1, -0.05) is 38.0 Å². The molecule has 0 saturated carbocycles. The molecule has 0 spiro atoms. The zero-order valence-electron chi connectivity index (χ0n) is 11.9. The van der Waals surface area contributed by atoms with Gasteiger partial charge in [0.05, 0.1) is 4.90 Å². The molecule has 0 aliphatic carbocycles. The second kappa shape index (κ2) is 7.62. The summed E-state index contributed by atoms with van der Waals surface area (Å²) in [6.07, 6.45) is 2.97. The number of benzene rings is 1. The molecule has 1 unspecified atom stereocenters. The Morgan fingerprint density at radius 2 is 1.95 bits per heavy atom. The van der Waals surface area contributed by atoms with Crippen LogP contribution >= 0.6 is 0 Å². The second-order valence-corrected chi connectivity index (χ2v) is 6.49. The van der Waals surface area contributed by atoms with Crippen molar-refractivity contribution < 1.29 is 8.42 Å². The topological polar surface area (TPSA) is 58.2 Å². The van der Waals surface area contributed by atoms with Crippen molar-refractivity contribution in [3.63, 3.8) is 0 Å². The fourth-order valence-corrected chi connectivity index (χ4v) is 3.52. The highest BCUT2D eigenvalue weighted by Gasteiger charge is 2.19. The molecular weight excluding hydrogens is 260 g/mol. The Balaban J connectivity index is 2.88. The van der Waals surface area contributed by atoms with E-state index in [0.717, 1.165) is 24.8 Å². The molecule has 1 aromatic rings. The largest absolute Gasteiger partial charge is 0.316 e. The molecular formula is C14H24N2O2S. The molecule has 0 aromatic heterocycles. The number of unbranched alkanes of at least 4 members (excludes halogenated alkanes) is 1. The maximum atomic E-state index is 12.4. The Labute approximate surface area is 116 Å². The van der Waals surface area contributed by atoms with E-state index in [1.54, 1.807) is 19.2 Å². The quantitative estimate of drug-likeness (QED) is 0.770. The SMILES string of the molecule is CCCCC(C)NS(=O)(=O)c1ccccc1CNC. The molecule has 19 heavy (non-hydrogen) atoms. The summed E-state index contributed by atoms with van der Waals surface area (Å²) in [4.78, 5) is 0.368. The van der Waals surface area contributed by atoms with Crippen molar-refractivity contribution in [1.29, 1.82) is 0 Å². The zero-order chi connectivity index (χ0) is 14.3. The predicted octanol–water partition coefficient (Wildman–Crippen LogP) is 2.26. The molecule has 108 valence electrons. The van der Waals surface area contributed by atoms with Crippen LogP contribution in [0, 0.1) is 0 Å². The van der Waals surface area contributed by atoms with Crippen molar-refractivity contribution in [3.8, 4) is 0 Å². The average Bonchev–Trinajstić information content (AvgIpc) is 2.37. The van der Waals surface area contributed by atoms with E-state index in [4.69, 9.17) is 0 Å². The van der Waals surface area contributed by atoms with Gasteiger partial charge >= 0.3 is 0 Å². The molecule has 1 rings (SSSR count). The van der Waals surface area contributed by atoms with Crippen molar-refractivity contribution >= 4 is 10.0 Å². The minimum absolute atomic E-state index is 0.0346. The lowest BCUT2D eigenvalue weighted by molar-refractivity contribution is 0.533. The molecule has 4 nitrogen and oxygen atoms in total. The number of rotatable bonds is 8. The van der Waals surface area contributed by atoms with E-state index in [0.29, 0.717) is 11.4 Å². The van der Waals surface area contributed by atoms with Crippen molar-refractivity contribution in [2.24, 2.45) is 0 Å². The van der Waals surface area contributed by atoms with Crippen LogP contribution in [-0.4, -0.2) is 21.5 Å². The maximum absolute atomic E-state index is 12.4. The van der Waals surface area contributed by atoms with Crippen LogP contribution in [0.15, 0.2) is 29.2 Å². The van der Waals surface area contributed by atoms with E-state index >= 15 is 0 Å². The van der Waals surface area contributed by atoms with E-state index < -0.39 is 10.0 Å². The first kappa shape index (κ1) is 16.1. The molecule has 0 amide bonds. The van der Waals surface area contributed by atoms with Gasteiger partial charge in [0.25, 0.3) is 0 Å². The van der Waals surface area contributed by atoms with Crippen LogP contribution in [0.25, 0.3) is 0 Å². The molecule has 0 saturated heterocycles. The summed E-state index contributed by atoms with van der Waals surface area (Å²) >= 11 is 0. The van der Waals surface area contributed by atoms with Crippen LogP contribution in [-0.2, 0) is 16.6 Å². The highest BCUT2D eigenvalue weighted by Crippen LogP contribution is 2.16. The van der Waals surface area contributed by atoms with Crippen LogP contribution in [0.1, 0.15) is 38.7 Å². The third-order valence-corrected chi connectivity index (χ3v) is 4.67. The summed E-state index contributed by atoms with van der Waals surface area (Å²) in [7, 11) is -1.63. The number of hydrogen-bond donors (Lipinski definition) is 2. The van der Waals surface area contributed by atoms with E-state index in [2.05, 4.69) is 17.0 Å². The standard InChI is InChI=1S/C14H24N2O2S/c1-4-5-8-12(2)16-19(17,18)14-10-7-6-9-13(14)11-15-3/h6-7,9-10,12,15-16H,4-5,8,11H2,1-3H3. The molecule has 0 bridgehead atoms. The van der Waals surface area contributed by atoms with Gasteiger partial charge in [0.1, 0.15) is 0 Å². The van der Waals surface area contributed by atoms with Gasteiger partial charge in [-0.25, -0.2) is 13.1 Å². The lowest BCUT2D eigenvalue weighted by atomic mass is 10.2. The molecule has 5 heteroatoms. The highest BCUT2D eigenvalue weighted by molar-refractivity contribution is 7.89. The maximum Gasteiger partial charge on any atom is 0.241 e. The Bertz CT molecular complexity index is 486. The Kier molecular flexibility index (Phi) is 6.48. The summed E-state index contributed by atoms with van der Waals surface area (Å²) in [5.74, 6) is 0. The van der Waals surface area contributed by atoms with Crippen molar-refractivity contribution in [2.75, 3.05) is 7.05 Å². The number of hydrogen-bond acceptors (Lipinski definition) is 3. The van der Waals surface area contributed by atoms with E-state index in [1.165, 1.54) is 0 Å². The lowest BCUT2D eigenvalue weighted by Gasteiger charge is -2.16. The summed E-state index contributed by atoms with van der Waals surface area (Å²) in [5, 5.41) is 2.99. The van der Waals surface area contributed by atoms with E-state index in [1.807, 2.05) is 19.1 Å². The number of nitrogens with one attached hydrogen (secondary N) is 2. The van der Waals surface area contributed by atoms with Gasteiger partial charge in [0.15, 0.2) is 0 Å². The molecule has 0 radical (unpaired) electrons. The molecule has 1 aromatic carbocycles. The Morgan fingerprint density at radius 1 is 1.26 bits per heavy atom. The van der Waals surface area contributed by atoms with Crippen LogP contribution in [0.4, 0.5) is 0 Å². The van der Waals surface area contributed by atoms with Gasteiger partial charge in [-0.3, -0.25) is 0 Å². The minimum Gasteiger partial charge on any atom is -0.316 e.